The Morgan fingerprint density at radius 2 is 1.94 bits per heavy atom. The van der Waals surface area contributed by atoms with Crippen LogP contribution in [0.25, 0.3) is 0 Å². The first-order valence-corrected chi connectivity index (χ1v) is 6.30. The lowest BCUT2D eigenvalue weighted by Crippen LogP contribution is -2.44. The average molecular weight is 286 g/mol. The van der Waals surface area contributed by atoms with Gasteiger partial charge in [-0.25, -0.2) is 0 Å². The van der Waals surface area contributed by atoms with E-state index >= 15 is 0 Å². The minimum atomic E-state index is -0.489. The van der Waals surface area contributed by atoms with Gasteiger partial charge in [-0.2, -0.15) is 0 Å². The van der Waals surface area contributed by atoms with Crippen molar-refractivity contribution in [2.75, 3.05) is 0 Å². The van der Waals surface area contributed by atoms with Crippen LogP contribution in [0.15, 0.2) is 28.7 Å². The fourth-order valence-electron chi connectivity index (χ4n) is 1.74. The molecule has 2 nitrogen and oxygen atoms in total. The molecule has 1 aromatic carbocycles. The lowest BCUT2D eigenvalue weighted by molar-refractivity contribution is 0.121. The maximum atomic E-state index is 10.2. The number of benzene rings is 1. The highest BCUT2D eigenvalue weighted by molar-refractivity contribution is 9.10. The summed E-state index contributed by atoms with van der Waals surface area (Å²) in [5.74, 6) is 0. The van der Waals surface area contributed by atoms with Crippen molar-refractivity contribution in [3.63, 3.8) is 0 Å². The first kappa shape index (κ1) is 13.7. The summed E-state index contributed by atoms with van der Waals surface area (Å²) in [5, 5.41) is 13.6. The Labute approximate surface area is 106 Å². The highest BCUT2D eigenvalue weighted by atomic mass is 79.9. The van der Waals surface area contributed by atoms with Gasteiger partial charge in [0.05, 0.1) is 6.10 Å². The molecule has 0 radical (unpaired) electrons. The van der Waals surface area contributed by atoms with E-state index in [1.165, 1.54) is 0 Å². The van der Waals surface area contributed by atoms with Gasteiger partial charge in [0.1, 0.15) is 0 Å². The van der Waals surface area contributed by atoms with Gasteiger partial charge >= 0.3 is 0 Å². The molecular weight excluding hydrogens is 266 g/mol. The lowest BCUT2D eigenvalue weighted by atomic mass is 10.00. The summed E-state index contributed by atoms with van der Waals surface area (Å²) in [7, 11) is 0. The normalized spacial score (nSPS) is 15.9. The Morgan fingerprint density at radius 3 is 2.44 bits per heavy atom. The zero-order chi connectivity index (χ0) is 12.3. The van der Waals surface area contributed by atoms with Crippen molar-refractivity contribution >= 4 is 15.9 Å². The van der Waals surface area contributed by atoms with Crippen LogP contribution in [0.2, 0.25) is 0 Å². The quantitative estimate of drug-likeness (QED) is 0.894. The van der Waals surface area contributed by atoms with E-state index in [1.807, 2.05) is 31.2 Å². The minimum absolute atomic E-state index is 0.00636. The minimum Gasteiger partial charge on any atom is -0.387 e. The summed E-state index contributed by atoms with van der Waals surface area (Å²) in [5.41, 5.74) is 0.936. The molecule has 0 amide bonds. The van der Waals surface area contributed by atoms with E-state index < -0.39 is 6.10 Å². The molecule has 0 spiro atoms. The third-order valence-corrected chi connectivity index (χ3v) is 2.82. The number of rotatable bonds is 3. The predicted octanol–water partition coefficient (Wildman–Crippen LogP) is 3.26. The van der Waals surface area contributed by atoms with E-state index in [-0.39, 0.29) is 11.6 Å². The van der Waals surface area contributed by atoms with Crippen molar-refractivity contribution in [2.45, 2.75) is 45.4 Å². The standard InChI is InChI=1S/C13H20BrNO/c1-9(15-13(2,3)4)12(16)10-6-5-7-11(14)8-10/h5-9,12,15-16H,1-4H3/t9-,12-/m0/s1. The maximum Gasteiger partial charge on any atom is 0.0940 e. The molecule has 90 valence electrons. The van der Waals surface area contributed by atoms with Gasteiger partial charge in [-0.1, -0.05) is 28.1 Å². The molecule has 0 saturated heterocycles. The van der Waals surface area contributed by atoms with Gasteiger partial charge < -0.3 is 10.4 Å². The van der Waals surface area contributed by atoms with Gasteiger partial charge in [0.25, 0.3) is 0 Å². The van der Waals surface area contributed by atoms with E-state index in [2.05, 4.69) is 42.0 Å². The zero-order valence-corrected chi connectivity index (χ0v) is 11.9. The van der Waals surface area contributed by atoms with Gasteiger partial charge in [0, 0.05) is 16.1 Å². The van der Waals surface area contributed by atoms with Gasteiger partial charge in [0.15, 0.2) is 0 Å². The lowest BCUT2D eigenvalue weighted by Gasteiger charge is -2.29. The van der Waals surface area contributed by atoms with Crippen LogP contribution in [0, 0.1) is 0 Å². The van der Waals surface area contributed by atoms with E-state index in [9.17, 15) is 5.11 Å². The summed E-state index contributed by atoms with van der Waals surface area (Å²) in [6.07, 6.45) is -0.489. The fourth-order valence-corrected chi connectivity index (χ4v) is 2.16. The summed E-state index contributed by atoms with van der Waals surface area (Å²) < 4.78 is 0.993. The SMILES string of the molecule is C[C@H](NC(C)(C)C)[C@H](O)c1cccc(Br)c1. The molecule has 0 aliphatic rings. The van der Waals surface area contributed by atoms with E-state index in [1.54, 1.807) is 0 Å². The molecule has 0 fully saturated rings. The average Bonchev–Trinajstić information content (AvgIpc) is 2.14. The number of halogens is 1. The summed E-state index contributed by atoms with van der Waals surface area (Å²) in [6.45, 7) is 8.28. The number of aliphatic hydroxyl groups excluding tert-OH is 1. The maximum absolute atomic E-state index is 10.2. The topological polar surface area (TPSA) is 32.3 Å². The van der Waals surface area contributed by atoms with E-state index in [0.29, 0.717) is 0 Å². The van der Waals surface area contributed by atoms with Crippen LogP contribution in [0.5, 0.6) is 0 Å². The number of hydrogen-bond acceptors (Lipinski definition) is 2. The van der Waals surface area contributed by atoms with Gasteiger partial charge in [0.2, 0.25) is 0 Å². The number of hydrogen-bond donors (Lipinski definition) is 2. The van der Waals surface area contributed by atoms with Gasteiger partial charge in [-0.3, -0.25) is 0 Å². The summed E-state index contributed by atoms with van der Waals surface area (Å²) in [6, 6.07) is 7.81. The zero-order valence-electron chi connectivity index (χ0n) is 10.3. The van der Waals surface area contributed by atoms with Crippen LogP contribution >= 0.6 is 15.9 Å². The summed E-state index contributed by atoms with van der Waals surface area (Å²) >= 11 is 3.41. The molecule has 1 rings (SSSR count). The first-order chi connectivity index (χ1) is 7.29. The third kappa shape index (κ3) is 4.24. The molecule has 0 aliphatic carbocycles. The second-order valence-electron chi connectivity index (χ2n) is 5.18. The Bertz CT molecular complexity index is 346. The van der Waals surface area contributed by atoms with Crippen LogP contribution in [0.4, 0.5) is 0 Å². The Kier molecular flexibility index (Phi) is 4.53. The molecular formula is C13H20BrNO. The Balaban J connectivity index is 2.74. The second kappa shape index (κ2) is 5.30. The number of nitrogens with one attached hydrogen (secondary N) is 1. The van der Waals surface area contributed by atoms with Crippen LogP contribution < -0.4 is 5.32 Å². The fraction of sp³-hybridized carbons (Fsp3) is 0.538. The molecule has 0 aromatic heterocycles. The largest absolute Gasteiger partial charge is 0.387 e. The molecule has 16 heavy (non-hydrogen) atoms. The van der Waals surface area contributed by atoms with Crippen LogP contribution in [-0.2, 0) is 0 Å². The van der Waals surface area contributed by atoms with Crippen molar-refractivity contribution < 1.29 is 5.11 Å². The molecule has 0 saturated carbocycles. The van der Waals surface area contributed by atoms with Gasteiger partial charge in [-0.05, 0) is 45.4 Å². The third-order valence-electron chi connectivity index (χ3n) is 2.32. The molecule has 2 atom stereocenters. The van der Waals surface area contributed by atoms with E-state index in [0.717, 1.165) is 10.0 Å². The van der Waals surface area contributed by atoms with Crippen molar-refractivity contribution in [1.29, 1.82) is 0 Å². The number of aliphatic hydroxyl groups is 1. The molecule has 0 heterocycles. The highest BCUT2D eigenvalue weighted by Crippen LogP contribution is 2.21. The van der Waals surface area contributed by atoms with Crippen molar-refractivity contribution in [1.82, 2.24) is 5.32 Å². The van der Waals surface area contributed by atoms with Crippen LogP contribution in [0.1, 0.15) is 39.4 Å². The predicted molar refractivity (Wildman–Crippen MR) is 71.5 cm³/mol. The molecule has 0 aliphatic heterocycles. The Morgan fingerprint density at radius 1 is 1.31 bits per heavy atom. The second-order valence-corrected chi connectivity index (χ2v) is 6.10. The first-order valence-electron chi connectivity index (χ1n) is 5.51. The summed E-state index contributed by atoms with van der Waals surface area (Å²) in [4.78, 5) is 0. The van der Waals surface area contributed by atoms with E-state index in [4.69, 9.17) is 0 Å². The smallest absolute Gasteiger partial charge is 0.0940 e. The van der Waals surface area contributed by atoms with Crippen LogP contribution in [0.3, 0.4) is 0 Å². The van der Waals surface area contributed by atoms with Crippen molar-refractivity contribution in [3.8, 4) is 0 Å². The monoisotopic (exact) mass is 285 g/mol. The molecule has 2 N–H and O–H groups in total. The van der Waals surface area contributed by atoms with Crippen molar-refractivity contribution in [3.05, 3.63) is 34.3 Å². The molecule has 0 unspecified atom stereocenters. The molecule has 3 heteroatoms. The van der Waals surface area contributed by atoms with Crippen molar-refractivity contribution in [2.24, 2.45) is 0 Å². The molecule has 0 bridgehead atoms. The van der Waals surface area contributed by atoms with Crippen LogP contribution in [-0.4, -0.2) is 16.7 Å². The highest BCUT2D eigenvalue weighted by Gasteiger charge is 2.21. The Hall–Kier alpha value is -0.380. The van der Waals surface area contributed by atoms with Gasteiger partial charge in [-0.15, -0.1) is 0 Å². The molecule has 1 aromatic rings.